The Balaban J connectivity index is 2.26. The first kappa shape index (κ1) is 16.0. The van der Waals surface area contributed by atoms with E-state index in [1.54, 1.807) is 23.4 Å². The van der Waals surface area contributed by atoms with Crippen LogP contribution in [0.4, 0.5) is 0 Å². The molecule has 3 aromatic rings. The van der Waals surface area contributed by atoms with Crippen LogP contribution in [0.2, 0.25) is 0 Å². The predicted octanol–water partition coefficient (Wildman–Crippen LogP) is 2.58. The molecular weight excluding hydrogens is 312 g/mol. The van der Waals surface area contributed by atoms with Gasteiger partial charge in [-0.25, -0.2) is 0 Å². The number of benzene rings is 1. The molecule has 6 nitrogen and oxygen atoms in total. The summed E-state index contributed by atoms with van der Waals surface area (Å²) in [6.07, 6.45) is 0.754. The van der Waals surface area contributed by atoms with Crippen LogP contribution in [0, 0.1) is 0 Å². The molecule has 3 rings (SSSR count). The van der Waals surface area contributed by atoms with Crippen molar-refractivity contribution in [3.63, 3.8) is 0 Å². The largest absolute Gasteiger partial charge is 0.385 e. The maximum absolute atomic E-state index is 12.8. The molecule has 0 amide bonds. The van der Waals surface area contributed by atoms with Crippen molar-refractivity contribution in [2.24, 2.45) is 0 Å². The number of hydrogen-bond acceptors (Lipinski definition) is 5. The van der Waals surface area contributed by atoms with Crippen molar-refractivity contribution in [2.45, 2.75) is 37.2 Å². The first-order valence-electron chi connectivity index (χ1n) is 7.65. The Kier molecular flexibility index (Phi) is 4.68. The van der Waals surface area contributed by atoms with E-state index in [0.29, 0.717) is 29.6 Å². The summed E-state index contributed by atoms with van der Waals surface area (Å²) in [4.78, 5) is 12.8. The van der Waals surface area contributed by atoms with E-state index in [1.165, 1.54) is 0 Å². The number of thioether (sulfide) groups is 1. The summed E-state index contributed by atoms with van der Waals surface area (Å²) < 4.78 is 8.77. The molecular formula is C16H20N4O2S. The van der Waals surface area contributed by atoms with E-state index < -0.39 is 0 Å². The molecule has 0 unspecified atom stereocenters. The van der Waals surface area contributed by atoms with Crippen molar-refractivity contribution in [2.75, 3.05) is 13.7 Å². The minimum atomic E-state index is -0.0299. The lowest BCUT2D eigenvalue weighted by molar-refractivity contribution is 0.190. The van der Waals surface area contributed by atoms with Crippen LogP contribution in [0.15, 0.2) is 34.2 Å². The Morgan fingerprint density at radius 3 is 2.78 bits per heavy atom. The zero-order valence-electron chi connectivity index (χ0n) is 13.5. The smallest absolute Gasteiger partial charge is 0.262 e. The van der Waals surface area contributed by atoms with Gasteiger partial charge in [0.1, 0.15) is 0 Å². The van der Waals surface area contributed by atoms with Gasteiger partial charge >= 0.3 is 0 Å². The van der Waals surface area contributed by atoms with Gasteiger partial charge in [0.25, 0.3) is 5.56 Å². The minimum Gasteiger partial charge on any atom is -0.385 e. The molecule has 2 aromatic heterocycles. The number of aryl methyl sites for hydroxylation is 1. The van der Waals surface area contributed by atoms with Gasteiger partial charge in [-0.05, 0) is 18.6 Å². The number of fused-ring (bicyclic) bond motifs is 3. The molecule has 0 aliphatic carbocycles. The van der Waals surface area contributed by atoms with Gasteiger partial charge in [-0.15, -0.1) is 10.2 Å². The summed E-state index contributed by atoms with van der Waals surface area (Å²) in [5.41, 5.74) is 0.821. The van der Waals surface area contributed by atoms with Gasteiger partial charge < -0.3 is 4.74 Å². The van der Waals surface area contributed by atoms with E-state index in [2.05, 4.69) is 24.0 Å². The molecule has 0 saturated heterocycles. The Hall–Kier alpha value is -1.86. The van der Waals surface area contributed by atoms with Crippen LogP contribution in [0.5, 0.6) is 0 Å². The number of ether oxygens (including phenoxy) is 1. The van der Waals surface area contributed by atoms with Crippen molar-refractivity contribution in [3.05, 3.63) is 34.6 Å². The monoisotopic (exact) mass is 332 g/mol. The third-order valence-electron chi connectivity index (χ3n) is 3.55. The SMILES string of the molecule is COCCCn1c(=O)c2ccccc2n2c(SC(C)C)nnc12. The lowest BCUT2D eigenvalue weighted by Gasteiger charge is -2.11. The topological polar surface area (TPSA) is 61.4 Å². The second-order valence-electron chi connectivity index (χ2n) is 5.60. The molecule has 0 radical (unpaired) electrons. The van der Waals surface area contributed by atoms with Crippen molar-refractivity contribution in [3.8, 4) is 0 Å². The highest BCUT2D eigenvalue weighted by Gasteiger charge is 2.17. The Morgan fingerprint density at radius 2 is 2.04 bits per heavy atom. The molecule has 0 N–H and O–H groups in total. The Labute approximate surface area is 138 Å². The molecule has 2 heterocycles. The second kappa shape index (κ2) is 6.72. The lowest BCUT2D eigenvalue weighted by Crippen LogP contribution is -2.24. The summed E-state index contributed by atoms with van der Waals surface area (Å²) in [5, 5.41) is 10.5. The molecule has 0 atom stereocenters. The van der Waals surface area contributed by atoms with Gasteiger partial charge in [0.2, 0.25) is 5.78 Å². The van der Waals surface area contributed by atoms with Gasteiger partial charge in [0.05, 0.1) is 10.9 Å². The van der Waals surface area contributed by atoms with Gasteiger partial charge in [-0.2, -0.15) is 0 Å². The van der Waals surface area contributed by atoms with Crippen molar-refractivity contribution < 1.29 is 4.74 Å². The maximum Gasteiger partial charge on any atom is 0.262 e. The first-order valence-corrected chi connectivity index (χ1v) is 8.53. The van der Waals surface area contributed by atoms with E-state index in [0.717, 1.165) is 17.1 Å². The fraction of sp³-hybridized carbons (Fsp3) is 0.438. The van der Waals surface area contributed by atoms with Crippen molar-refractivity contribution in [1.29, 1.82) is 0 Å². The van der Waals surface area contributed by atoms with Crippen LogP contribution < -0.4 is 5.56 Å². The minimum absolute atomic E-state index is 0.0299. The molecule has 0 aliphatic heterocycles. The highest BCUT2D eigenvalue weighted by molar-refractivity contribution is 7.99. The van der Waals surface area contributed by atoms with Crippen LogP contribution in [0.25, 0.3) is 16.7 Å². The quantitative estimate of drug-likeness (QED) is 0.513. The number of aromatic nitrogens is 4. The van der Waals surface area contributed by atoms with Crippen molar-refractivity contribution in [1.82, 2.24) is 19.2 Å². The standard InChI is InChI=1S/C16H20N4O2S/c1-11(2)23-16-18-17-15-19(9-6-10-22-3)14(21)12-7-4-5-8-13(12)20(15)16/h4-5,7-8,11H,6,9-10H2,1-3H3. The van der Waals surface area contributed by atoms with Gasteiger partial charge in [0, 0.05) is 25.5 Å². The molecule has 7 heteroatoms. The van der Waals surface area contributed by atoms with E-state index in [4.69, 9.17) is 4.74 Å². The fourth-order valence-electron chi connectivity index (χ4n) is 2.59. The van der Waals surface area contributed by atoms with Crippen LogP contribution >= 0.6 is 11.8 Å². The Morgan fingerprint density at radius 1 is 1.26 bits per heavy atom. The van der Waals surface area contributed by atoms with E-state index in [-0.39, 0.29) is 5.56 Å². The summed E-state index contributed by atoms with van der Waals surface area (Å²) >= 11 is 1.64. The molecule has 0 bridgehead atoms. The molecule has 122 valence electrons. The average Bonchev–Trinajstić information content (AvgIpc) is 2.93. The van der Waals surface area contributed by atoms with Gasteiger partial charge in [-0.1, -0.05) is 37.7 Å². The fourth-order valence-corrected chi connectivity index (χ4v) is 3.38. The predicted molar refractivity (Wildman–Crippen MR) is 92.2 cm³/mol. The van der Waals surface area contributed by atoms with Gasteiger partial charge in [0.15, 0.2) is 5.16 Å². The molecule has 23 heavy (non-hydrogen) atoms. The maximum atomic E-state index is 12.8. The molecule has 0 aliphatic rings. The number of hydrogen-bond donors (Lipinski definition) is 0. The summed E-state index contributed by atoms with van der Waals surface area (Å²) in [6, 6.07) is 7.61. The van der Waals surface area contributed by atoms with E-state index in [9.17, 15) is 4.79 Å². The summed E-state index contributed by atoms with van der Waals surface area (Å²) in [7, 11) is 1.66. The zero-order chi connectivity index (χ0) is 16.4. The van der Waals surface area contributed by atoms with Crippen LogP contribution in [-0.4, -0.2) is 38.1 Å². The average molecular weight is 332 g/mol. The lowest BCUT2D eigenvalue weighted by atomic mass is 10.2. The highest BCUT2D eigenvalue weighted by atomic mass is 32.2. The highest BCUT2D eigenvalue weighted by Crippen LogP contribution is 2.24. The number of rotatable bonds is 6. The molecule has 0 spiro atoms. The van der Waals surface area contributed by atoms with Gasteiger partial charge in [-0.3, -0.25) is 13.8 Å². The molecule has 0 saturated carbocycles. The summed E-state index contributed by atoms with van der Waals surface area (Å²) in [6.45, 7) is 5.39. The van der Waals surface area contributed by atoms with E-state index in [1.807, 2.05) is 28.7 Å². The zero-order valence-corrected chi connectivity index (χ0v) is 14.3. The van der Waals surface area contributed by atoms with E-state index >= 15 is 0 Å². The second-order valence-corrected chi connectivity index (χ2v) is 7.15. The molecule has 0 fully saturated rings. The number of para-hydroxylation sites is 1. The first-order chi connectivity index (χ1) is 11.1. The Bertz CT molecular complexity index is 885. The third kappa shape index (κ3) is 2.98. The van der Waals surface area contributed by atoms with Crippen molar-refractivity contribution >= 4 is 28.4 Å². The normalized spacial score (nSPS) is 11.8. The molecule has 1 aromatic carbocycles. The number of nitrogens with zero attached hydrogens (tertiary/aromatic N) is 4. The van der Waals surface area contributed by atoms with Crippen LogP contribution in [0.1, 0.15) is 20.3 Å². The third-order valence-corrected chi connectivity index (χ3v) is 4.50. The van der Waals surface area contributed by atoms with Crippen LogP contribution in [0.3, 0.4) is 0 Å². The number of methoxy groups -OCH3 is 1. The summed E-state index contributed by atoms with van der Waals surface area (Å²) in [5.74, 6) is 0.591. The van der Waals surface area contributed by atoms with Crippen LogP contribution in [-0.2, 0) is 11.3 Å².